The number of ether oxygens (including phenoxy) is 1. The average molecular weight is 250 g/mol. The van der Waals surface area contributed by atoms with Crippen molar-refractivity contribution < 1.29 is 4.74 Å². The van der Waals surface area contributed by atoms with Crippen molar-refractivity contribution >= 4 is 5.95 Å². The average Bonchev–Trinajstić information content (AvgIpc) is 2.27. The fraction of sp³-hybridized carbons (Fsp3) is 0.692. The Balaban J connectivity index is 2.04. The number of morpholine rings is 1. The van der Waals surface area contributed by atoms with E-state index in [9.17, 15) is 0 Å². The van der Waals surface area contributed by atoms with E-state index in [-0.39, 0.29) is 18.2 Å². The van der Waals surface area contributed by atoms with Crippen LogP contribution in [0.1, 0.15) is 26.3 Å². The second-order valence-electron chi connectivity index (χ2n) is 5.24. The molecule has 0 aliphatic carbocycles. The zero-order valence-electron chi connectivity index (χ0n) is 11.3. The second kappa shape index (κ2) is 5.63. The molecule has 1 saturated heterocycles. The number of aromatic nitrogens is 2. The largest absolute Gasteiger partial charge is 0.372 e. The van der Waals surface area contributed by atoms with Crippen molar-refractivity contribution in [3.05, 3.63) is 18.0 Å². The molecule has 1 aliphatic heterocycles. The van der Waals surface area contributed by atoms with E-state index in [1.165, 1.54) is 0 Å². The van der Waals surface area contributed by atoms with Gasteiger partial charge in [0.05, 0.1) is 12.2 Å². The van der Waals surface area contributed by atoms with E-state index in [2.05, 4.69) is 28.7 Å². The summed E-state index contributed by atoms with van der Waals surface area (Å²) in [6, 6.07) is 0.142. The van der Waals surface area contributed by atoms with Gasteiger partial charge < -0.3 is 15.4 Å². The highest BCUT2D eigenvalue weighted by Crippen LogP contribution is 2.16. The smallest absolute Gasteiger partial charge is 0.225 e. The molecule has 1 aliphatic rings. The predicted octanol–water partition coefficient (Wildman–Crippen LogP) is 0.980. The molecular formula is C13H22N4O. The standard InChI is InChI=1S/C13H22N4O/c1-9(14)4-12-5-15-13(16-6-12)17-7-10(2)18-11(3)8-17/h5-6,9-11H,4,7-8,14H2,1-3H3. The van der Waals surface area contributed by atoms with E-state index in [1.54, 1.807) is 0 Å². The van der Waals surface area contributed by atoms with E-state index >= 15 is 0 Å². The van der Waals surface area contributed by atoms with Crippen molar-refractivity contribution in [1.82, 2.24) is 9.97 Å². The molecule has 5 heteroatoms. The maximum absolute atomic E-state index is 5.76. The van der Waals surface area contributed by atoms with Gasteiger partial charge in [-0.25, -0.2) is 9.97 Å². The van der Waals surface area contributed by atoms with Crippen LogP contribution in [0.2, 0.25) is 0 Å². The minimum atomic E-state index is 0.142. The van der Waals surface area contributed by atoms with Gasteiger partial charge in [0.25, 0.3) is 0 Å². The Hall–Kier alpha value is -1.20. The molecule has 3 unspecified atom stereocenters. The molecule has 0 saturated carbocycles. The van der Waals surface area contributed by atoms with Crippen LogP contribution in [0.15, 0.2) is 12.4 Å². The summed E-state index contributed by atoms with van der Waals surface area (Å²) >= 11 is 0. The molecule has 1 aromatic heterocycles. The third-order valence-electron chi connectivity index (χ3n) is 2.95. The van der Waals surface area contributed by atoms with Crippen molar-refractivity contribution in [3.63, 3.8) is 0 Å². The Labute approximate surface area is 108 Å². The van der Waals surface area contributed by atoms with Gasteiger partial charge in [0.15, 0.2) is 0 Å². The molecule has 2 rings (SSSR count). The normalized spacial score (nSPS) is 26.1. The van der Waals surface area contributed by atoms with Gasteiger partial charge in [0, 0.05) is 31.5 Å². The number of rotatable bonds is 3. The Morgan fingerprint density at radius 3 is 2.39 bits per heavy atom. The van der Waals surface area contributed by atoms with Crippen LogP contribution >= 0.6 is 0 Å². The van der Waals surface area contributed by atoms with Gasteiger partial charge in [-0.3, -0.25) is 0 Å². The van der Waals surface area contributed by atoms with E-state index < -0.39 is 0 Å². The number of nitrogens with zero attached hydrogens (tertiary/aromatic N) is 3. The van der Waals surface area contributed by atoms with Crippen molar-refractivity contribution in [2.75, 3.05) is 18.0 Å². The summed E-state index contributed by atoms with van der Waals surface area (Å²) in [6.07, 6.45) is 5.01. The molecule has 1 fully saturated rings. The molecule has 0 bridgehead atoms. The zero-order valence-corrected chi connectivity index (χ0v) is 11.3. The molecule has 3 atom stereocenters. The summed E-state index contributed by atoms with van der Waals surface area (Å²) < 4.78 is 5.70. The van der Waals surface area contributed by atoms with Crippen LogP contribution in [0.5, 0.6) is 0 Å². The molecule has 100 valence electrons. The molecule has 0 radical (unpaired) electrons. The lowest BCUT2D eigenvalue weighted by Crippen LogP contribution is -2.46. The highest BCUT2D eigenvalue weighted by Gasteiger charge is 2.23. The van der Waals surface area contributed by atoms with Crippen LogP contribution in [0, 0.1) is 0 Å². The van der Waals surface area contributed by atoms with E-state index in [1.807, 2.05) is 19.3 Å². The van der Waals surface area contributed by atoms with Gasteiger partial charge in [-0.1, -0.05) is 0 Å². The summed E-state index contributed by atoms with van der Waals surface area (Å²) in [5.41, 5.74) is 6.85. The SMILES string of the molecule is CC(N)Cc1cnc(N2CC(C)OC(C)C2)nc1. The van der Waals surface area contributed by atoms with Crippen molar-refractivity contribution in [1.29, 1.82) is 0 Å². The quantitative estimate of drug-likeness (QED) is 0.866. The van der Waals surface area contributed by atoms with Crippen LogP contribution < -0.4 is 10.6 Å². The van der Waals surface area contributed by atoms with Crippen LogP contribution in [0.4, 0.5) is 5.95 Å². The van der Waals surface area contributed by atoms with Gasteiger partial charge >= 0.3 is 0 Å². The highest BCUT2D eigenvalue weighted by molar-refractivity contribution is 5.31. The van der Waals surface area contributed by atoms with Gasteiger partial charge in [0.2, 0.25) is 5.95 Å². The third kappa shape index (κ3) is 3.40. The lowest BCUT2D eigenvalue weighted by atomic mass is 10.1. The molecular weight excluding hydrogens is 228 g/mol. The van der Waals surface area contributed by atoms with Gasteiger partial charge in [-0.05, 0) is 32.8 Å². The zero-order chi connectivity index (χ0) is 13.1. The van der Waals surface area contributed by atoms with Crippen LogP contribution in [0.25, 0.3) is 0 Å². The molecule has 0 amide bonds. The fourth-order valence-corrected chi connectivity index (χ4v) is 2.33. The first-order valence-electron chi connectivity index (χ1n) is 6.51. The summed E-state index contributed by atoms with van der Waals surface area (Å²) in [6.45, 7) is 7.83. The number of nitrogens with two attached hydrogens (primary N) is 1. The summed E-state index contributed by atoms with van der Waals surface area (Å²) in [7, 11) is 0. The molecule has 2 heterocycles. The van der Waals surface area contributed by atoms with Gasteiger partial charge in [-0.2, -0.15) is 0 Å². The highest BCUT2D eigenvalue weighted by atomic mass is 16.5. The predicted molar refractivity (Wildman–Crippen MR) is 71.6 cm³/mol. The lowest BCUT2D eigenvalue weighted by molar-refractivity contribution is -0.00572. The summed E-state index contributed by atoms with van der Waals surface area (Å²) in [5.74, 6) is 0.783. The van der Waals surface area contributed by atoms with Crippen molar-refractivity contribution in [2.45, 2.75) is 45.4 Å². The Kier molecular flexibility index (Phi) is 4.14. The van der Waals surface area contributed by atoms with Gasteiger partial charge in [-0.15, -0.1) is 0 Å². The van der Waals surface area contributed by atoms with Crippen LogP contribution in [0.3, 0.4) is 0 Å². The third-order valence-corrected chi connectivity index (χ3v) is 2.95. The minimum Gasteiger partial charge on any atom is -0.372 e. The minimum absolute atomic E-state index is 0.142. The second-order valence-corrected chi connectivity index (χ2v) is 5.24. The summed E-state index contributed by atoms with van der Waals surface area (Å²) in [4.78, 5) is 11.0. The first-order chi connectivity index (χ1) is 8.54. The number of hydrogen-bond donors (Lipinski definition) is 1. The lowest BCUT2D eigenvalue weighted by Gasteiger charge is -2.35. The fourth-order valence-electron chi connectivity index (χ4n) is 2.33. The van der Waals surface area contributed by atoms with E-state index in [0.29, 0.717) is 0 Å². The topological polar surface area (TPSA) is 64.3 Å². The van der Waals surface area contributed by atoms with E-state index in [4.69, 9.17) is 10.5 Å². The Morgan fingerprint density at radius 2 is 1.89 bits per heavy atom. The maximum atomic E-state index is 5.76. The molecule has 5 nitrogen and oxygen atoms in total. The Morgan fingerprint density at radius 1 is 1.33 bits per heavy atom. The first kappa shape index (κ1) is 13.2. The molecule has 2 N–H and O–H groups in total. The van der Waals surface area contributed by atoms with E-state index in [0.717, 1.165) is 31.0 Å². The maximum Gasteiger partial charge on any atom is 0.225 e. The van der Waals surface area contributed by atoms with Crippen LogP contribution in [-0.2, 0) is 11.2 Å². The van der Waals surface area contributed by atoms with Crippen LogP contribution in [-0.4, -0.2) is 41.3 Å². The molecule has 1 aromatic rings. The Bertz CT molecular complexity index is 369. The van der Waals surface area contributed by atoms with Crippen molar-refractivity contribution in [2.24, 2.45) is 5.73 Å². The molecule has 0 spiro atoms. The summed E-state index contributed by atoms with van der Waals surface area (Å²) in [5, 5.41) is 0. The molecule has 18 heavy (non-hydrogen) atoms. The van der Waals surface area contributed by atoms with Gasteiger partial charge in [0.1, 0.15) is 0 Å². The molecule has 0 aromatic carbocycles. The number of hydrogen-bond acceptors (Lipinski definition) is 5. The monoisotopic (exact) mass is 250 g/mol. The first-order valence-corrected chi connectivity index (χ1v) is 6.51. The van der Waals surface area contributed by atoms with Crippen molar-refractivity contribution in [3.8, 4) is 0 Å². The number of anilines is 1.